The van der Waals surface area contributed by atoms with Gasteiger partial charge in [0, 0.05) is 18.2 Å². The largest absolute Gasteiger partial charge is 0.344 e. The minimum atomic E-state index is -0.441. The molecule has 16 heavy (non-hydrogen) atoms. The first-order valence-corrected chi connectivity index (χ1v) is 5.22. The molecule has 1 aromatic rings. The number of rotatable bonds is 4. The Bertz CT molecular complexity index is 421. The van der Waals surface area contributed by atoms with Crippen LogP contribution in [-0.2, 0) is 0 Å². The average Bonchev–Trinajstić information content (AvgIpc) is 2.29. The molecule has 0 aromatic carbocycles. The lowest BCUT2D eigenvalue weighted by Gasteiger charge is -2.27. The number of carbonyl (C=O) groups excluding carboxylic acids is 1. The summed E-state index contributed by atoms with van der Waals surface area (Å²) in [6.45, 7) is 4.17. The van der Waals surface area contributed by atoms with Crippen LogP contribution >= 0.6 is 0 Å². The summed E-state index contributed by atoms with van der Waals surface area (Å²) in [5.41, 5.74) is 5.10. The maximum atomic E-state index is 11.8. The van der Waals surface area contributed by atoms with Crippen molar-refractivity contribution in [3.8, 4) is 0 Å². The van der Waals surface area contributed by atoms with Crippen molar-refractivity contribution in [1.82, 2.24) is 10.3 Å². The van der Waals surface area contributed by atoms with Gasteiger partial charge in [-0.25, -0.2) is 0 Å². The highest BCUT2D eigenvalue weighted by atomic mass is 16.2. The van der Waals surface area contributed by atoms with Crippen LogP contribution in [0.4, 0.5) is 0 Å². The minimum absolute atomic E-state index is 0.251. The molecule has 0 aliphatic rings. The molecule has 1 amide bonds. The zero-order chi connectivity index (χ0) is 12.2. The van der Waals surface area contributed by atoms with Crippen molar-refractivity contribution >= 4 is 5.91 Å². The third-order valence-electron chi connectivity index (χ3n) is 2.66. The van der Waals surface area contributed by atoms with Crippen LogP contribution in [0.15, 0.2) is 23.0 Å². The molecule has 4 N–H and O–H groups in total. The summed E-state index contributed by atoms with van der Waals surface area (Å²) in [4.78, 5) is 25.3. The number of hydrogen-bond donors (Lipinski definition) is 3. The topological polar surface area (TPSA) is 88.0 Å². The maximum absolute atomic E-state index is 11.8. The van der Waals surface area contributed by atoms with Gasteiger partial charge < -0.3 is 16.0 Å². The molecular weight excluding hydrogens is 206 g/mol. The fourth-order valence-electron chi connectivity index (χ4n) is 1.21. The zero-order valence-electron chi connectivity index (χ0n) is 9.54. The number of aromatic nitrogens is 1. The number of nitrogens with two attached hydrogens (primary N) is 1. The molecule has 0 bridgehead atoms. The van der Waals surface area contributed by atoms with Crippen LogP contribution in [0, 0.1) is 0 Å². The number of amides is 1. The van der Waals surface area contributed by atoms with E-state index in [1.165, 1.54) is 6.07 Å². The second-order valence-electron chi connectivity index (χ2n) is 4.00. The van der Waals surface area contributed by atoms with Crippen molar-refractivity contribution in [3.63, 3.8) is 0 Å². The lowest BCUT2D eigenvalue weighted by Crippen LogP contribution is -2.51. The molecule has 5 heteroatoms. The van der Waals surface area contributed by atoms with E-state index in [0.29, 0.717) is 6.54 Å². The molecule has 1 rings (SSSR count). The van der Waals surface area contributed by atoms with Crippen LogP contribution in [0.5, 0.6) is 0 Å². The normalized spacial score (nSPS) is 14.2. The van der Waals surface area contributed by atoms with Gasteiger partial charge in [-0.1, -0.05) is 13.0 Å². The van der Waals surface area contributed by atoms with E-state index in [9.17, 15) is 9.59 Å². The number of H-pyrrole nitrogens is 1. The van der Waals surface area contributed by atoms with Crippen molar-refractivity contribution in [2.24, 2.45) is 5.73 Å². The van der Waals surface area contributed by atoms with Gasteiger partial charge in [-0.15, -0.1) is 0 Å². The summed E-state index contributed by atoms with van der Waals surface area (Å²) in [6, 6.07) is 4.46. The van der Waals surface area contributed by atoms with Crippen LogP contribution in [0.1, 0.15) is 30.8 Å². The van der Waals surface area contributed by atoms with Crippen molar-refractivity contribution < 1.29 is 4.79 Å². The number of aromatic amines is 1. The highest BCUT2D eigenvalue weighted by Crippen LogP contribution is 2.07. The Morgan fingerprint density at radius 3 is 2.75 bits per heavy atom. The van der Waals surface area contributed by atoms with E-state index in [0.717, 1.165) is 6.42 Å². The predicted molar refractivity (Wildman–Crippen MR) is 62.3 cm³/mol. The van der Waals surface area contributed by atoms with Crippen molar-refractivity contribution in [3.05, 3.63) is 34.2 Å². The standard InChI is InChI=1S/C11H17N3O2/c1-3-11(2,7-12)14-10(16)8-5-4-6-9(15)13-8/h4-6H,3,7,12H2,1-2H3,(H,13,15)(H,14,16). The summed E-state index contributed by atoms with van der Waals surface area (Å²) in [7, 11) is 0. The Morgan fingerprint density at radius 1 is 1.56 bits per heavy atom. The second-order valence-corrected chi connectivity index (χ2v) is 4.00. The minimum Gasteiger partial charge on any atom is -0.344 e. The molecule has 0 aliphatic heterocycles. The van der Waals surface area contributed by atoms with E-state index in [2.05, 4.69) is 10.3 Å². The smallest absolute Gasteiger partial charge is 0.268 e. The van der Waals surface area contributed by atoms with Gasteiger partial charge in [-0.3, -0.25) is 9.59 Å². The second kappa shape index (κ2) is 4.94. The van der Waals surface area contributed by atoms with E-state index >= 15 is 0 Å². The van der Waals surface area contributed by atoms with Gasteiger partial charge in [-0.05, 0) is 19.4 Å². The van der Waals surface area contributed by atoms with E-state index in [-0.39, 0.29) is 17.2 Å². The summed E-state index contributed by atoms with van der Waals surface area (Å²) < 4.78 is 0. The predicted octanol–water partition coefficient (Wildman–Crippen LogP) is 0.232. The van der Waals surface area contributed by atoms with Gasteiger partial charge in [0.05, 0.1) is 0 Å². The fourth-order valence-corrected chi connectivity index (χ4v) is 1.21. The van der Waals surface area contributed by atoms with E-state index in [1.807, 2.05) is 13.8 Å². The Balaban J connectivity index is 2.84. The number of hydrogen-bond acceptors (Lipinski definition) is 3. The highest BCUT2D eigenvalue weighted by Gasteiger charge is 2.23. The Morgan fingerprint density at radius 2 is 2.25 bits per heavy atom. The number of nitrogens with one attached hydrogen (secondary N) is 2. The maximum Gasteiger partial charge on any atom is 0.268 e. The first-order chi connectivity index (χ1) is 7.50. The molecule has 88 valence electrons. The Kier molecular flexibility index (Phi) is 3.84. The lowest BCUT2D eigenvalue weighted by molar-refractivity contribution is 0.0901. The SMILES string of the molecule is CCC(C)(CN)NC(=O)c1cccc(=O)[nH]1. The molecule has 1 heterocycles. The molecule has 0 fully saturated rings. The van der Waals surface area contributed by atoms with E-state index < -0.39 is 5.54 Å². The molecule has 1 atom stereocenters. The first-order valence-electron chi connectivity index (χ1n) is 5.22. The lowest BCUT2D eigenvalue weighted by atomic mass is 9.99. The van der Waals surface area contributed by atoms with Gasteiger partial charge in [0.25, 0.3) is 5.91 Å². The van der Waals surface area contributed by atoms with Gasteiger partial charge in [0.2, 0.25) is 5.56 Å². The molecule has 1 aromatic heterocycles. The summed E-state index contributed by atoms with van der Waals surface area (Å²) in [5.74, 6) is -0.312. The molecular formula is C11H17N3O2. The molecule has 0 aliphatic carbocycles. The third kappa shape index (κ3) is 2.93. The summed E-state index contributed by atoms with van der Waals surface area (Å²) in [5, 5.41) is 2.80. The number of pyridine rings is 1. The summed E-state index contributed by atoms with van der Waals surface area (Å²) >= 11 is 0. The third-order valence-corrected chi connectivity index (χ3v) is 2.66. The fraction of sp³-hybridized carbons (Fsp3) is 0.455. The Labute approximate surface area is 94.1 Å². The zero-order valence-corrected chi connectivity index (χ0v) is 9.54. The van der Waals surface area contributed by atoms with Crippen LogP contribution in [0.25, 0.3) is 0 Å². The number of carbonyl (C=O) groups is 1. The van der Waals surface area contributed by atoms with Gasteiger partial charge >= 0.3 is 0 Å². The van der Waals surface area contributed by atoms with Crippen molar-refractivity contribution in [2.75, 3.05) is 6.54 Å². The van der Waals surface area contributed by atoms with Crippen LogP contribution < -0.4 is 16.6 Å². The molecule has 5 nitrogen and oxygen atoms in total. The van der Waals surface area contributed by atoms with Crippen LogP contribution in [0.3, 0.4) is 0 Å². The van der Waals surface area contributed by atoms with E-state index in [1.54, 1.807) is 12.1 Å². The van der Waals surface area contributed by atoms with Crippen LogP contribution in [0.2, 0.25) is 0 Å². The molecule has 1 unspecified atom stereocenters. The highest BCUT2D eigenvalue weighted by molar-refractivity contribution is 5.92. The van der Waals surface area contributed by atoms with Crippen molar-refractivity contribution in [2.45, 2.75) is 25.8 Å². The Hall–Kier alpha value is -1.62. The van der Waals surface area contributed by atoms with Gasteiger partial charge in [0.15, 0.2) is 0 Å². The monoisotopic (exact) mass is 223 g/mol. The summed E-state index contributed by atoms with van der Waals surface area (Å²) in [6.07, 6.45) is 0.728. The average molecular weight is 223 g/mol. The van der Waals surface area contributed by atoms with Crippen LogP contribution in [-0.4, -0.2) is 23.0 Å². The molecule has 0 saturated carbocycles. The quantitative estimate of drug-likeness (QED) is 0.682. The molecule has 0 radical (unpaired) electrons. The van der Waals surface area contributed by atoms with Crippen molar-refractivity contribution in [1.29, 1.82) is 0 Å². The van der Waals surface area contributed by atoms with Gasteiger partial charge in [0.1, 0.15) is 5.69 Å². The van der Waals surface area contributed by atoms with E-state index in [4.69, 9.17) is 5.73 Å². The molecule has 0 saturated heterocycles. The first kappa shape index (κ1) is 12.4. The van der Waals surface area contributed by atoms with Gasteiger partial charge in [-0.2, -0.15) is 0 Å². The molecule has 0 spiro atoms.